The van der Waals surface area contributed by atoms with Gasteiger partial charge in [0.05, 0.1) is 17.1 Å². The number of piperazine rings is 1. The molecule has 15 heteroatoms. The number of methoxy groups -OCH3 is 1. The zero-order chi connectivity index (χ0) is 27.6. The van der Waals surface area contributed by atoms with Crippen molar-refractivity contribution in [2.24, 2.45) is 0 Å². The van der Waals surface area contributed by atoms with Crippen molar-refractivity contribution in [3.63, 3.8) is 0 Å². The van der Waals surface area contributed by atoms with E-state index >= 15 is 0 Å². The number of carboxylic acid groups (broad SMARTS) is 1. The molecule has 0 bridgehead atoms. The molecule has 4 N–H and O–H groups in total. The number of hydrogen-bond acceptors (Lipinski definition) is 7. The Hall–Kier alpha value is -2.88. The first kappa shape index (κ1) is 30.3. The van der Waals surface area contributed by atoms with Crippen molar-refractivity contribution >= 4 is 49.2 Å². The van der Waals surface area contributed by atoms with Gasteiger partial charge in [-0.2, -0.15) is 13.2 Å². The average molecular weight is 611 g/mol. The number of carbonyl (C=O) groups is 2. The molecular weight excluding hydrogens is 585 g/mol. The summed E-state index contributed by atoms with van der Waals surface area (Å²) >= 11 is 3.30. The number of hydrogen-bond donors (Lipinski definition) is 4. The number of anilines is 2. The number of alkyl halides is 3. The second kappa shape index (κ2) is 13.6. The van der Waals surface area contributed by atoms with Gasteiger partial charge in [-0.15, -0.1) is 0 Å². The molecule has 0 radical (unpaired) electrons. The molecule has 204 valence electrons. The largest absolute Gasteiger partial charge is 0.490 e. The zero-order valence-corrected chi connectivity index (χ0v) is 22.0. The maximum Gasteiger partial charge on any atom is 0.490 e. The Bertz CT molecular complexity index is 1170. The normalized spacial score (nSPS) is 13.8. The van der Waals surface area contributed by atoms with Crippen LogP contribution in [-0.4, -0.2) is 78.0 Å². The van der Waals surface area contributed by atoms with E-state index < -0.39 is 22.2 Å². The maximum absolute atomic E-state index is 12.8. The Morgan fingerprint density at radius 3 is 2.27 bits per heavy atom. The summed E-state index contributed by atoms with van der Waals surface area (Å²) in [5.74, 6) is -3.03. The third-order valence-corrected chi connectivity index (χ3v) is 6.84. The van der Waals surface area contributed by atoms with Gasteiger partial charge in [0.15, 0.2) is 0 Å². The van der Waals surface area contributed by atoms with E-state index in [1.165, 1.54) is 12.1 Å². The quantitative estimate of drug-likeness (QED) is 0.335. The summed E-state index contributed by atoms with van der Waals surface area (Å²) < 4.78 is 65.5. The van der Waals surface area contributed by atoms with Gasteiger partial charge in [-0.1, -0.05) is 15.9 Å². The van der Waals surface area contributed by atoms with Crippen LogP contribution in [0.25, 0.3) is 0 Å². The molecule has 1 aliphatic rings. The third-order valence-electron chi connectivity index (χ3n) is 4.91. The standard InChI is InChI=1S/C20H25BrN4O4S.C2HF3O2/c1-29-13-10-23-20(26)18-14-16(4-7-19(18)25-11-8-22-9-12-25)24-30(27,28)17-5-2-15(21)3-6-17;3-2(4,5)1(6)7/h2-7,14,22,24H,8-13H2,1H3,(H,23,26);(H,6,7). The predicted molar refractivity (Wildman–Crippen MR) is 134 cm³/mol. The maximum atomic E-state index is 12.8. The van der Waals surface area contributed by atoms with Crippen LogP contribution in [0.15, 0.2) is 51.8 Å². The summed E-state index contributed by atoms with van der Waals surface area (Å²) in [5, 5.41) is 13.2. The first-order valence-electron chi connectivity index (χ1n) is 10.8. The van der Waals surface area contributed by atoms with Crippen molar-refractivity contribution < 1.29 is 41.0 Å². The summed E-state index contributed by atoms with van der Waals surface area (Å²) in [6, 6.07) is 11.4. The molecule has 1 aliphatic heterocycles. The smallest absolute Gasteiger partial charge is 0.475 e. The number of halogens is 4. The molecule has 0 aromatic heterocycles. The molecule has 0 aliphatic carbocycles. The Morgan fingerprint density at radius 2 is 1.73 bits per heavy atom. The number of benzene rings is 2. The number of ether oxygens (including phenoxy) is 1. The SMILES string of the molecule is COCCNC(=O)c1cc(NS(=O)(=O)c2ccc(Br)cc2)ccc1N1CCNCC1.O=C(O)C(F)(F)F. The molecule has 0 saturated carbocycles. The Balaban J connectivity index is 0.000000604. The minimum atomic E-state index is -5.08. The van der Waals surface area contributed by atoms with Crippen molar-refractivity contribution in [1.29, 1.82) is 0 Å². The van der Waals surface area contributed by atoms with Crippen LogP contribution in [0.2, 0.25) is 0 Å². The lowest BCUT2D eigenvalue weighted by molar-refractivity contribution is -0.192. The van der Waals surface area contributed by atoms with E-state index in [4.69, 9.17) is 14.6 Å². The van der Waals surface area contributed by atoms with Gasteiger partial charge in [0.25, 0.3) is 15.9 Å². The topological polar surface area (TPSA) is 137 Å². The van der Waals surface area contributed by atoms with E-state index in [9.17, 15) is 26.4 Å². The van der Waals surface area contributed by atoms with Gasteiger partial charge in [0.1, 0.15) is 0 Å². The van der Waals surface area contributed by atoms with E-state index in [1.54, 1.807) is 37.4 Å². The van der Waals surface area contributed by atoms with Crippen molar-refractivity contribution in [2.45, 2.75) is 11.1 Å². The van der Waals surface area contributed by atoms with Gasteiger partial charge >= 0.3 is 12.1 Å². The lowest BCUT2D eigenvalue weighted by atomic mass is 10.1. The second-order valence-corrected chi connectivity index (χ2v) is 10.2. The van der Waals surface area contributed by atoms with Gasteiger partial charge in [-0.05, 0) is 42.5 Å². The van der Waals surface area contributed by atoms with Crippen LogP contribution in [0.5, 0.6) is 0 Å². The lowest BCUT2D eigenvalue weighted by Gasteiger charge is -2.31. The monoisotopic (exact) mass is 610 g/mol. The van der Waals surface area contributed by atoms with Crippen molar-refractivity contribution in [3.8, 4) is 0 Å². The van der Waals surface area contributed by atoms with E-state index in [-0.39, 0.29) is 10.8 Å². The number of nitrogens with one attached hydrogen (secondary N) is 3. The summed E-state index contributed by atoms with van der Waals surface area (Å²) in [7, 11) is -2.21. The molecule has 37 heavy (non-hydrogen) atoms. The number of aliphatic carboxylic acids is 1. The molecule has 0 spiro atoms. The van der Waals surface area contributed by atoms with Crippen LogP contribution in [0, 0.1) is 0 Å². The van der Waals surface area contributed by atoms with Crippen LogP contribution < -0.4 is 20.3 Å². The molecule has 1 heterocycles. The summed E-state index contributed by atoms with van der Waals surface area (Å²) in [4.78, 5) is 24.0. The van der Waals surface area contributed by atoms with Gasteiger partial charge in [0.2, 0.25) is 0 Å². The Kier molecular flexibility index (Phi) is 11.2. The fourth-order valence-corrected chi connectivity index (χ4v) is 4.47. The number of amides is 1. The molecule has 0 atom stereocenters. The van der Waals surface area contributed by atoms with Gasteiger partial charge in [-0.3, -0.25) is 9.52 Å². The van der Waals surface area contributed by atoms with Crippen LogP contribution in [0.4, 0.5) is 24.5 Å². The van der Waals surface area contributed by atoms with E-state index in [1.807, 2.05) is 0 Å². The molecule has 1 fully saturated rings. The fourth-order valence-electron chi connectivity index (χ4n) is 3.15. The number of rotatable bonds is 8. The minimum absolute atomic E-state index is 0.142. The summed E-state index contributed by atoms with van der Waals surface area (Å²) in [6.07, 6.45) is -5.08. The highest BCUT2D eigenvalue weighted by Crippen LogP contribution is 2.27. The van der Waals surface area contributed by atoms with Crippen LogP contribution in [0.3, 0.4) is 0 Å². The van der Waals surface area contributed by atoms with Crippen molar-refractivity contribution in [3.05, 3.63) is 52.5 Å². The molecular formula is C22H26BrF3N4O6S. The lowest BCUT2D eigenvalue weighted by Crippen LogP contribution is -2.44. The van der Waals surface area contributed by atoms with Crippen molar-refractivity contribution in [1.82, 2.24) is 10.6 Å². The molecule has 1 saturated heterocycles. The Labute approximate surface area is 220 Å². The molecule has 10 nitrogen and oxygen atoms in total. The Morgan fingerprint density at radius 1 is 1.14 bits per heavy atom. The van der Waals surface area contributed by atoms with E-state index in [2.05, 4.69) is 36.2 Å². The van der Waals surface area contributed by atoms with Crippen LogP contribution >= 0.6 is 15.9 Å². The summed E-state index contributed by atoms with van der Waals surface area (Å²) in [5.41, 5.74) is 1.52. The minimum Gasteiger partial charge on any atom is -0.475 e. The second-order valence-electron chi connectivity index (χ2n) is 7.58. The van der Waals surface area contributed by atoms with Gasteiger partial charge in [0, 0.05) is 55.7 Å². The number of sulfonamides is 1. The highest BCUT2D eigenvalue weighted by atomic mass is 79.9. The first-order valence-corrected chi connectivity index (χ1v) is 13.1. The van der Waals surface area contributed by atoms with Gasteiger partial charge in [-0.25, -0.2) is 13.2 Å². The van der Waals surface area contributed by atoms with Crippen LogP contribution in [-0.2, 0) is 19.6 Å². The molecule has 3 rings (SSSR count). The number of nitrogens with zero attached hydrogens (tertiary/aromatic N) is 1. The third kappa shape index (κ3) is 9.50. The average Bonchev–Trinajstić information content (AvgIpc) is 2.84. The van der Waals surface area contributed by atoms with Crippen molar-refractivity contribution in [2.75, 3.05) is 56.1 Å². The highest BCUT2D eigenvalue weighted by molar-refractivity contribution is 9.10. The predicted octanol–water partition coefficient (Wildman–Crippen LogP) is 2.67. The first-order chi connectivity index (χ1) is 17.3. The van der Waals surface area contributed by atoms with Gasteiger partial charge < -0.3 is 25.4 Å². The van der Waals surface area contributed by atoms with E-state index in [0.717, 1.165) is 36.3 Å². The number of carboxylic acids is 1. The molecule has 2 aromatic rings. The van der Waals surface area contributed by atoms with E-state index in [0.29, 0.717) is 24.4 Å². The molecule has 0 unspecified atom stereocenters. The molecule has 2 aromatic carbocycles. The fraction of sp³-hybridized carbons (Fsp3) is 0.364. The zero-order valence-electron chi connectivity index (χ0n) is 19.6. The number of carbonyl (C=O) groups excluding carboxylic acids is 1. The summed E-state index contributed by atoms with van der Waals surface area (Å²) in [6.45, 7) is 3.94. The van der Waals surface area contributed by atoms with Crippen LogP contribution in [0.1, 0.15) is 10.4 Å². The highest BCUT2D eigenvalue weighted by Gasteiger charge is 2.38. The molecule has 1 amide bonds.